The molecule has 0 saturated carbocycles. The van der Waals surface area contributed by atoms with Crippen molar-refractivity contribution < 1.29 is 22.7 Å². The van der Waals surface area contributed by atoms with E-state index in [1.807, 2.05) is 0 Å². The molecule has 1 aliphatic rings. The van der Waals surface area contributed by atoms with Crippen LogP contribution in [0.3, 0.4) is 0 Å². The average Bonchev–Trinajstić information content (AvgIpc) is 2.60. The molecule has 0 aromatic heterocycles. The van der Waals surface area contributed by atoms with Gasteiger partial charge in [-0.1, -0.05) is 11.6 Å². The van der Waals surface area contributed by atoms with Gasteiger partial charge in [-0.15, -0.1) is 0 Å². The normalized spacial score (nSPS) is 13.3. The van der Waals surface area contributed by atoms with E-state index in [-0.39, 0.29) is 17.1 Å². The maximum absolute atomic E-state index is 12.2. The Morgan fingerprint density at radius 1 is 1.04 bits per heavy atom. The molecule has 0 radical (unpaired) electrons. The van der Waals surface area contributed by atoms with E-state index in [1.165, 1.54) is 24.3 Å². The van der Waals surface area contributed by atoms with Crippen LogP contribution >= 0.6 is 11.6 Å². The molecule has 0 spiro atoms. The predicted octanol–water partition coefficient (Wildman–Crippen LogP) is 2.91. The minimum absolute atomic E-state index is 0.143. The number of carbonyl (C=O) groups excluding carboxylic acids is 1. The van der Waals surface area contributed by atoms with Gasteiger partial charge in [0.05, 0.1) is 10.6 Å². The zero-order chi connectivity index (χ0) is 17.9. The standard InChI is InChI=1S/C17H16ClNO5S/c18-12-1-4-14(5-2-12)25(21,22)10-7-17(20)19-13-3-6-15-16(11-13)24-9-8-23-15/h1-6,11H,7-10H2,(H,19,20). The first-order chi connectivity index (χ1) is 11.9. The molecule has 1 N–H and O–H groups in total. The number of nitrogens with one attached hydrogen (secondary N) is 1. The molecule has 0 saturated heterocycles. The van der Waals surface area contributed by atoms with Crippen molar-refractivity contribution in [1.29, 1.82) is 0 Å². The van der Waals surface area contributed by atoms with Crippen LogP contribution in [0.15, 0.2) is 47.4 Å². The highest BCUT2D eigenvalue weighted by Crippen LogP contribution is 2.32. The van der Waals surface area contributed by atoms with E-state index in [4.69, 9.17) is 21.1 Å². The van der Waals surface area contributed by atoms with Crippen LogP contribution in [0.1, 0.15) is 6.42 Å². The van der Waals surface area contributed by atoms with Gasteiger partial charge in [0.25, 0.3) is 0 Å². The van der Waals surface area contributed by atoms with Gasteiger partial charge in [-0.3, -0.25) is 4.79 Å². The molecule has 2 aromatic carbocycles. The second kappa shape index (κ2) is 7.33. The third-order valence-electron chi connectivity index (χ3n) is 3.60. The number of rotatable bonds is 5. The average molecular weight is 382 g/mol. The summed E-state index contributed by atoms with van der Waals surface area (Å²) in [5, 5.41) is 3.12. The van der Waals surface area contributed by atoms with Crippen molar-refractivity contribution >= 4 is 33.0 Å². The molecule has 1 heterocycles. The minimum Gasteiger partial charge on any atom is -0.486 e. The number of amides is 1. The molecule has 0 bridgehead atoms. The fourth-order valence-electron chi connectivity index (χ4n) is 2.33. The summed E-state index contributed by atoms with van der Waals surface area (Å²) in [5.41, 5.74) is 0.526. The zero-order valence-corrected chi connectivity index (χ0v) is 14.8. The van der Waals surface area contributed by atoms with Crippen molar-refractivity contribution in [2.24, 2.45) is 0 Å². The van der Waals surface area contributed by atoms with Gasteiger partial charge in [0.1, 0.15) is 13.2 Å². The topological polar surface area (TPSA) is 81.7 Å². The summed E-state index contributed by atoms with van der Waals surface area (Å²) in [6.45, 7) is 0.936. The molecule has 132 valence electrons. The van der Waals surface area contributed by atoms with E-state index in [1.54, 1.807) is 18.2 Å². The molecule has 6 nitrogen and oxygen atoms in total. The van der Waals surface area contributed by atoms with Crippen LogP contribution in [0.4, 0.5) is 5.69 Å². The number of halogens is 1. The first kappa shape index (κ1) is 17.6. The Bertz CT molecular complexity index is 880. The van der Waals surface area contributed by atoms with Crippen LogP contribution in [-0.2, 0) is 14.6 Å². The summed E-state index contributed by atoms with van der Waals surface area (Å²) in [6.07, 6.45) is -0.153. The number of benzene rings is 2. The maximum Gasteiger partial charge on any atom is 0.225 e. The van der Waals surface area contributed by atoms with Crippen LogP contribution in [0.2, 0.25) is 5.02 Å². The minimum atomic E-state index is -3.54. The number of hydrogen-bond donors (Lipinski definition) is 1. The summed E-state index contributed by atoms with van der Waals surface area (Å²) in [5.74, 6) is 0.493. The third kappa shape index (κ3) is 4.43. The van der Waals surface area contributed by atoms with E-state index in [0.29, 0.717) is 35.4 Å². The van der Waals surface area contributed by atoms with E-state index < -0.39 is 15.7 Å². The molecule has 3 rings (SSSR count). The smallest absolute Gasteiger partial charge is 0.225 e. The van der Waals surface area contributed by atoms with E-state index in [0.717, 1.165) is 0 Å². The van der Waals surface area contributed by atoms with Gasteiger partial charge in [-0.2, -0.15) is 0 Å². The highest BCUT2D eigenvalue weighted by Gasteiger charge is 2.17. The zero-order valence-electron chi connectivity index (χ0n) is 13.2. The first-order valence-electron chi connectivity index (χ1n) is 7.62. The van der Waals surface area contributed by atoms with Crippen LogP contribution in [-0.4, -0.2) is 33.3 Å². The molecule has 1 amide bonds. The monoisotopic (exact) mass is 381 g/mol. The highest BCUT2D eigenvalue weighted by atomic mass is 35.5. The van der Waals surface area contributed by atoms with Crippen LogP contribution in [0.5, 0.6) is 11.5 Å². The van der Waals surface area contributed by atoms with Gasteiger partial charge in [0.2, 0.25) is 5.91 Å². The van der Waals surface area contributed by atoms with E-state index in [2.05, 4.69) is 5.32 Å². The van der Waals surface area contributed by atoms with Gasteiger partial charge in [0.15, 0.2) is 21.3 Å². The quantitative estimate of drug-likeness (QED) is 0.861. The Hall–Kier alpha value is -2.25. The first-order valence-corrected chi connectivity index (χ1v) is 9.65. The molecule has 0 unspecified atom stereocenters. The lowest BCUT2D eigenvalue weighted by molar-refractivity contribution is -0.115. The second-order valence-electron chi connectivity index (χ2n) is 5.43. The van der Waals surface area contributed by atoms with Gasteiger partial charge in [-0.05, 0) is 36.4 Å². The SMILES string of the molecule is O=C(CCS(=O)(=O)c1ccc(Cl)cc1)Nc1ccc2c(c1)OCCO2. The van der Waals surface area contributed by atoms with Crippen LogP contribution < -0.4 is 14.8 Å². The number of fused-ring (bicyclic) bond motifs is 1. The Morgan fingerprint density at radius 3 is 2.44 bits per heavy atom. The molecule has 25 heavy (non-hydrogen) atoms. The van der Waals surface area contributed by atoms with Crippen molar-refractivity contribution in [3.8, 4) is 11.5 Å². The van der Waals surface area contributed by atoms with Crippen molar-refractivity contribution in [3.63, 3.8) is 0 Å². The molecule has 2 aromatic rings. The highest BCUT2D eigenvalue weighted by molar-refractivity contribution is 7.91. The van der Waals surface area contributed by atoms with E-state index >= 15 is 0 Å². The van der Waals surface area contributed by atoms with Crippen molar-refractivity contribution in [3.05, 3.63) is 47.5 Å². The van der Waals surface area contributed by atoms with Gasteiger partial charge in [0, 0.05) is 23.2 Å². The number of hydrogen-bond acceptors (Lipinski definition) is 5. The maximum atomic E-state index is 12.2. The molecular weight excluding hydrogens is 366 g/mol. The summed E-state index contributed by atoms with van der Waals surface area (Å²) >= 11 is 5.75. The lowest BCUT2D eigenvalue weighted by Gasteiger charge is -2.19. The number of carbonyl (C=O) groups is 1. The summed E-state index contributed by atoms with van der Waals surface area (Å²) in [7, 11) is -3.54. The predicted molar refractivity (Wildman–Crippen MR) is 94.2 cm³/mol. The molecule has 8 heteroatoms. The fraction of sp³-hybridized carbons (Fsp3) is 0.235. The Kier molecular flexibility index (Phi) is 5.15. The lowest BCUT2D eigenvalue weighted by atomic mass is 10.2. The van der Waals surface area contributed by atoms with Crippen LogP contribution in [0.25, 0.3) is 0 Å². The van der Waals surface area contributed by atoms with E-state index in [9.17, 15) is 13.2 Å². The third-order valence-corrected chi connectivity index (χ3v) is 5.58. The molecule has 1 aliphatic heterocycles. The van der Waals surface area contributed by atoms with Crippen molar-refractivity contribution in [2.45, 2.75) is 11.3 Å². The van der Waals surface area contributed by atoms with Crippen LogP contribution in [0, 0.1) is 0 Å². The summed E-state index contributed by atoms with van der Waals surface area (Å²) in [6, 6.07) is 10.9. The van der Waals surface area contributed by atoms with Gasteiger partial charge >= 0.3 is 0 Å². The van der Waals surface area contributed by atoms with Gasteiger partial charge in [-0.25, -0.2) is 8.42 Å². The fourth-order valence-corrected chi connectivity index (χ4v) is 3.70. The largest absolute Gasteiger partial charge is 0.486 e. The second-order valence-corrected chi connectivity index (χ2v) is 7.97. The number of sulfone groups is 1. The van der Waals surface area contributed by atoms with Gasteiger partial charge < -0.3 is 14.8 Å². The Balaban J connectivity index is 1.60. The Labute approximate surface area is 150 Å². The lowest BCUT2D eigenvalue weighted by Crippen LogP contribution is -2.18. The molecule has 0 fully saturated rings. The summed E-state index contributed by atoms with van der Waals surface area (Å²) < 4.78 is 35.3. The summed E-state index contributed by atoms with van der Waals surface area (Å²) in [4.78, 5) is 12.2. The van der Waals surface area contributed by atoms with Crippen molar-refractivity contribution in [2.75, 3.05) is 24.3 Å². The number of ether oxygens (including phenoxy) is 2. The molecule has 0 aliphatic carbocycles. The van der Waals surface area contributed by atoms with Crippen molar-refractivity contribution in [1.82, 2.24) is 0 Å². The Morgan fingerprint density at radius 2 is 1.72 bits per heavy atom. The number of anilines is 1. The molecular formula is C17H16ClNO5S. The molecule has 0 atom stereocenters.